The van der Waals surface area contributed by atoms with Crippen molar-refractivity contribution in [1.29, 1.82) is 0 Å². The number of likely N-dealkylation sites (N-methyl/N-ethyl adjacent to an activating group) is 1. The number of alkyl halides is 3. The number of fused-ring (bicyclic) bond motifs is 1. The number of hydrogen-bond acceptors (Lipinski definition) is 5. The third-order valence-electron chi connectivity index (χ3n) is 4.60. The number of rotatable bonds is 7. The highest BCUT2D eigenvalue weighted by molar-refractivity contribution is 7.96. The lowest BCUT2D eigenvalue weighted by Crippen LogP contribution is -2.33. The topological polar surface area (TPSA) is 57.3 Å². The molecule has 0 fully saturated rings. The van der Waals surface area contributed by atoms with Crippen LogP contribution in [0.1, 0.15) is 16.8 Å². The maximum Gasteiger partial charge on any atom is 0.379 e. The molecule has 31 heavy (non-hydrogen) atoms. The number of carbonyl (C=O) groups is 1. The Morgan fingerprint density at radius 1 is 1.26 bits per heavy atom. The van der Waals surface area contributed by atoms with Crippen molar-refractivity contribution >= 4 is 46.7 Å². The van der Waals surface area contributed by atoms with E-state index in [2.05, 4.69) is 15.0 Å². The summed E-state index contributed by atoms with van der Waals surface area (Å²) in [7, 11) is 1.78. The van der Waals surface area contributed by atoms with Crippen LogP contribution in [0.25, 0.3) is 0 Å². The Morgan fingerprint density at radius 2 is 1.97 bits per heavy atom. The molecule has 2 N–H and O–H groups in total. The first kappa shape index (κ1) is 25.6. The molecule has 1 amide bonds. The van der Waals surface area contributed by atoms with Gasteiger partial charge in [0.15, 0.2) is 0 Å². The predicted molar refractivity (Wildman–Crippen MR) is 121 cm³/mol. The fourth-order valence-corrected chi connectivity index (χ4v) is 3.88. The monoisotopic (exact) mass is 494 g/mol. The number of anilines is 1. The Kier molecular flexibility index (Phi) is 10.2. The van der Waals surface area contributed by atoms with E-state index in [0.29, 0.717) is 23.1 Å². The number of benzene rings is 1. The molecule has 0 radical (unpaired) electrons. The second kappa shape index (κ2) is 12.4. The maximum absolute atomic E-state index is 12.0. The predicted octanol–water partition coefficient (Wildman–Crippen LogP) is 4.97. The van der Waals surface area contributed by atoms with Gasteiger partial charge in [0, 0.05) is 13.1 Å². The lowest BCUT2D eigenvalue weighted by atomic mass is 10.1. The Balaban J connectivity index is 0.000000785. The van der Waals surface area contributed by atoms with E-state index in [4.69, 9.17) is 23.2 Å². The smallest absolute Gasteiger partial charge is 0.379 e. The zero-order valence-electron chi connectivity index (χ0n) is 17.0. The lowest BCUT2D eigenvalue weighted by molar-refractivity contribution is -0.129. The molecule has 2 aromatic rings. The van der Waals surface area contributed by atoms with Gasteiger partial charge in [0.2, 0.25) is 5.91 Å². The highest BCUT2D eigenvalue weighted by atomic mass is 35.5. The van der Waals surface area contributed by atoms with Crippen LogP contribution in [0.5, 0.6) is 0 Å². The van der Waals surface area contributed by atoms with Crippen molar-refractivity contribution in [2.24, 2.45) is 0 Å². The molecule has 0 saturated carbocycles. The molecule has 1 aromatic heterocycles. The van der Waals surface area contributed by atoms with Crippen molar-refractivity contribution in [3.63, 3.8) is 0 Å². The van der Waals surface area contributed by atoms with E-state index in [1.54, 1.807) is 11.9 Å². The largest absolute Gasteiger partial charge is 0.380 e. The first-order chi connectivity index (χ1) is 14.7. The van der Waals surface area contributed by atoms with Crippen molar-refractivity contribution in [2.45, 2.75) is 32.1 Å². The SMILES string of the molecule is CSNCC(=O)N(C)Cc1ccc(NC2Cc3ccc(Cl)c(Cl)c3C2)cn1.FC(F)F. The van der Waals surface area contributed by atoms with Crippen molar-refractivity contribution in [1.82, 2.24) is 14.6 Å². The van der Waals surface area contributed by atoms with Crippen LogP contribution in [-0.2, 0) is 24.2 Å². The van der Waals surface area contributed by atoms with Crippen LogP contribution in [0.2, 0.25) is 10.0 Å². The lowest BCUT2D eigenvalue weighted by Gasteiger charge is -2.17. The number of amides is 1. The number of nitrogens with one attached hydrogen (secondary N) is 2. The Morgan fingerprint density at radius 3 is 2.58 bits per heavy atom. The molecule has 1 heterocycles. The quantitative estimate of drug-likeness (QED) is 0.532. The second-order valence-corrected chi connectivity index (χ2v) is 8.29. The second-order valence-electron chi connectivity index (χ2n) is 6.81. The Hall–Kier alpha value is -1.68. The van der Waals surface area contributed by atoms with Crippen molar-refractivity contribution in [2.75, 3.05) is 25.2 Å². The minimum atomic E-state index is -3.67. The van der Waals surface area contributed by atoms with E-state index < -0.39 is 6.68 Å². The highest BCUT2D eigenvalue weighted by Gasteiger charge is 2.24. The fourth-order valence-electron chi connectivity index (χ4n) is 3.17. The standard InChI is InChI=1S/C19H22Cl2N4OS.CHF3/c1-25(18(26)10-23-27-2)11-14-5-4-13(9-22-14)24-15-7-12-3-6-17(20)19(21)16(12)8-15;2-1(3)4/h3-6,9,15,23-24H,7-8,10-11H2,1-2H3;1H. The van der Waals surface area contributed by atoms with Gasteiger partial charge in [-0.3, -0.25) is 14.5 Å². The normalized spacial score (nSPS) is 14.6. The molecule has 1 unspecified atom stereocenters. The van der Waals surface area contributed by atoms with E-state index in [0.717, 1.165) is 29.8 Å². The van der Waals surface area contributed by atoms with E-state index in [1.165, 1.54) is 17.5 Å². The third-order valence-corrected chi connectivity index (χ3v) is 5.87. The van der Waals surface area contributed by atoms with Gasteiger partial charge in [0.05, 0.1) is 40.7 Å². The van der Waals surface area contributed by atoms with Crippen LogP contribution in [0.3, 0.4) is 0 Å². The van der Waals surface area contributed by atoms with Gasteiger partial charge in [-0.05, 0) is 48.4 Å². The highest BCUT2D eigenvalue weighted by Crippen LogP contribution is 2.35. The van der Waals surface area contributed by atoms with Crippen LogP contribution in [0.15, 0.2) is 30.5 Å². The van der Waals surface area contributed by atoms with Gasteiger partial charge in [0.25, 0.3) is 0 Å². The molecule has 11 heteroatoms. The van der Waals surface area contributed by atoms with Gasteiger partial charge in [-0.25, -0.2) is 0 Å². The molecule has 0 bridgehead atoms. The number of nitrogens with zero attached hydrogens (tertiary/aromatic N) is 2. The van der Waals surface area contributed by atoms with E-state index >= 15 is 0 Å². The molecule has 3 rings (SSSR count). The van der Waals surface area contributed by atoms with Gasteiger partial charge < -0.3 is 10.2 Å². The molecule has 0 saturated heterocycles. The van der Waals surface area contributed by atoms with Crippen molar-refractivity contribution in [3.8, 4) is 0 Å². The number of aromatic nitrogens is 1. The summed E-state index contributed by atoms with van der Waals surface area (Å²) < 4.78 is 32.0. The van der Waals surface area contributed by atoms with Crippen molar-refractivity contribution < 1.29 is 18.0 Å². The van der Waals surface area contributed by atoms with Gasteiger partial charge in [-0.1, -0.05) is 41.2 Å². The molecular formula is C20H23Cl2F3N4OS. The molecule has 1 atom stereocenters. The maximum atomic E-state index is 12.0. The zero-order chi connectivity index (χ0) is 23.0. The van der Waals surface area contributed by atoms with Crippen LogP contribution in [-0.4, -0.2) is 48.4 Å². The van der Waals surface area contributed by atoms with Gasteiger partial charge >= 0.3 is 6.68 Å². The molecule has 0 aliphatic heterocycles. The minimum absolute atomic E-state index is 0.0348. The summed E-state index contributed by atoms with van der Waals surface area (Å²) in [6, 6.07) is 8.11. The summed E-state index contributed by atoms with van der Waals surface area (Å²) in [5.74, 6) is 0.0348. The summed E-state index contributed by atoms with van der Waals surface area (Å²) in [5, 5.41) is 4.78. The molecular weight excluding hydrogens is 472 g/mol. The van der Waals surface area contributed by atoms with Crippen LogP contribution in [0.4, 0.5) is 18.9 Å². The van der Waals surface area contributed by atoms with E-state index in [-0.39, 0.29) is 11.9 Å². The number of halogens is 5. The van der Waals surface area contributed by atoms with E-state index in [9.17, 15) is 18.0 Å². The Bertz CT molecular complexity index is 871. The van der Waals surface area contributed by atoms with Gasteiger partial charge in [-0.15, -0.1) is 0 Å². The van der Waals surface area contributed by atoms with Crippen molar-refractivity contribution in [3.05, 3.63) is 57.3 Å². The van der Waals surface area contributed by atoms with E-state index in [1.807, 2.05) is 36.7 Å². The summed E-state index contributed by atoms with van der Waals surface area (Å²) >= 11 is 13.9. The minimum Gasteiger partial charge on any atom is -0.380 e. The zero-order valence-corrected chi connectivity index (χ0v) is 19.3. The third kappa shape index (κ3) is 8.07. The first-order valence-corrected chi connectivity index (χ1v) is 11.3. The number of pyridine rings is 1. The van der Waals surface area contributed by atoms with Crippen LogP contribution < -0.4 is 10.0 Å². The average Bonchev–Trinajstić information content (AvgIpc) is 3.13. The number of hydrogen-bond donors (Lipinski definition) is 2. The summed E-state index contributed by atoms with van der Waals surface area (Å²) in [6.07, 6.45) is 5.46. The molecule has 5 nitrogen and oxygen atoms in total. The Labute approximate surface area is 193 Å². The molecule has 1 aromatic carbocycles. The van der Waals surface area contributed by atoms with Crippen LogP contribution in [0, 0.1) is 0 Å². The summed E-state index contributed by atoms with van der Waals surface area (Å²) in [5.41, 5.74) is 4.18. The molecule has 1 aliphatic carbocycles. The fraction of sp³-hybridized carbons (Fsp3) is 0.400. The number of carbonyl (C=O) groups excluding carboxylic acids is 1. The average molecular weight is 495 g/mol. The van der Waals surface area contributed by atoms with Gasteiger partial charge in [0.1, 0.15) is 0 Å². The summed E-state index contributed by atoms with van der Waals surface area (Å²) in [4.78, 5) is 18.1. The van der Waals surface area contributed by atoms with Crippen LogP contribution >= 0.6 is 35.1 Å². The first-order valence-electron chi connectivity index (χ1n) is 9.30. The molecule has 1 aliphatic rings. The molecule has 170 valence electrons. The van der Waals surface area contributed by atoms with Gasteiger partial charge in [-0.2, -0.15) is 13.2 Å². The summed E-state index contributed by atoms with van der Waals surface area (Å²) in [6.45, 7) is -2.87. The molecule has 0 spiro atoms.